The predicted molar refractivity (Wildman–Crippen MR) is 162 cm³/mol. The minimum atomic E-state index is -3.88. The molecule has 5 rings (SSSR count). The molecule has 9 nitrogen and oxygen atoms in total. The summed E-state index contributed by atoms with van der Waals surface area (Å²) in [5.74, 6) is 3.02. The van der Waals surface area contributed by atoms with Crippen molar-refractivity contribution in [2.24, 2.45) is 0 Å². The predicted octanol–water partition coefficient (Wildman–Crippen LogP) is 3.73. The average molecular weight is 572 g/mol. The van der Waals surface area contributed by atoms with Gasteiger partial charge in [0, 0.05) is 49.9 Å². The van der Waals surface area contributed by atoms with Crippen molar-refractivity contribution in [1.82, 2.24) is 13.8 Å². The van der Waals surface area contributed by atoms with Crippen LogP contribution >= 0.6 is 0 Å². The van der Waals surface area contributed by atoms with E-state index in [1.165, 1.54) is 34.4 Å². The molecule has 3 aromatic carbocycles. The van der Waals surface area contributed by atoms with Crippen molar-refractivity contribution in [3.63, 3.8) is 0 Å². The minimum Gasteiger partial charge on any atom is -0.494 e. The lowest BCUT2D eigenvalue weighted by molar-refractivity contribution is 0.102. The molecule has 1 aliphatic rings. The van der Waals surface area contributed by atoms with Crippen molar-refractivity contribution in [3.05, 3.63) is 84.6 Å². The Morgan fingerprint density at radius 3 is 2.44 bits per heavy atom. The molecule has 1 aromatic heterocycles. The van der Waals surface area contributed by atoms with Crippen LogP contribution in [0.5, 0.6) is 5.75 Å². The zero-order chi connectivity index (χ0) is 28.8. The smallest absolute Gasteiger partial charge is 0.268 e. The lowest BCUT2D eigenvalue weighted by Crippen LogP contribution is -2.46. The summed E-state index contributed by atoms with van der Waals surface area (Å²) < 4.78 is 34.1. The third-order valence-corrected chi connectivity index (χ3v) is 8.88. The van der Waals surface area contributed by atoms with Crippen molar-refractivity contribution in [2.45, 2.75) is 11.3 Å². The number of piperazine rings is 1. The molecular weight excluding hydrogens is 538 g/mol. The van der Waals surface area contributed by atoms with Gasteiger partial charge in [0.05, 0.1) is 34.9 Å². The topological polar surface area (TPSA) is 110 Å². The summed E-state index contributed by atoms with van der Waals surface area (Å²) in [6.07, 6.45) is 7.83. The fourth-order valence-electron chi connectivity index (χ4n) is 4.87. The summed E-state index contributed by atoms with van der Waals surface area (Å²) >= 11 is 0. The number of terminal acetylenes is 1. The summed E-state index contributed by atoms with van der Waals surface area (Å²) in [6.45, 7) is 6.24. The van der Waals surface area contributed by atoms with Crippen molar-refractivity contribution >= 4 is 38.2 Å². The molecule has 0 atom stereocenters. The van der Waals surface area contributed by atoms with E-state index in [0.717, 1.165) is 44.5 Å². The molecule has 41 heavy (non-hydrogen) atoms. The van der Waals surface area contributed by atoms with Crippen LogP contribution in [0.3, 0.4) is 0 Å². The fourth-order valence-corrected chi connectivity index (χ4v) is 6.22. The lowest BCUT2D eigenvalue weighted by Gasteiger charge is -2.33. The third-order valence-electron chi connectivity index (χ3n) is 7.18. The van der Waals surface area contributed by atoms with Gasteiger partial charge >= 0.3 is 0 Å². The molecule has 2 heterocycles. The summed E-state index contributed by atoms with van der Waals surface area (Å²) in [4.78, 5) is 17.4. The lowest BCUT2D eigenvalue weighted by atomic mass is 10.2. The van der Waals surface area contributed by atoms with Crippen LogP contribution in [-0.2, 0) is 10.0 Å². The Morgan fingerprint density at radius 2 is 1.71 bits per heavy atom. The zero-order valence-electron chi connectivity index (χ0n) is 22.7. The number of rotatable bonds is 10. The molecule has 0 aliphatic carbocycles. The Hall–Kier alpha value is -4.30. The number of hydrogen-bond donors (Lipinski definition) is 2. The highest BCUT2D eigenvalue weighted by atomic mass is 32.2. The highest BCUT2D eigenvalue weighted by Crippen LogP contribution is 2.26. The van der Waals surface area contributed by atoms with E-state index < -0.39 is 10.0 Å². The van der Waals surface area contributed by atoms with Gasteiger partial charge in [0.25, 0.3) is 15.9 Å². The maximum atomic E-state index is 13.4. The maximum Gasteiger partial charge on any atom is 0.268 e. The first-order valence-electron chi connectivity index (χ1n) is 13.5. The standard InChI is InChI=1S/C31H33N5O4S/c1-2-15-34-18-20-35(21-19-34)16-5-22-40-26-10-13-30-25(23-26)14-17-36(30)41(38,39)27-11-8-24(9-12-27)31(37)33-29-7-4-3-6-28(29)32/h1,3-4,6-14,17,23H,5,15-16,18-22,32H2,(H,33,37). The fraction of sp³-hybridized carbons (Fsp3) is 0.258. The Bertz CT molecular complexity index is 1670. The molecule has 4 aromatic rings. The molecule has 0 radical (unpaired) electrons. The monoisotopic (exact) mass is 571 g/mol. The second-order valence-electron chi connectivity index (χ2n) is 9.93. The maximum absolute atomic E-state index is 13.4. The minimum absolute atomic E-state index is 0.0752. The van der Waals surface area contributed by atoms with Crippen molar-refractivity contribution in [1.29, 1.82) is 0 Å². The largest absolute Gasteiger partial charge is 0.494 e. The van der Waals surface area contributed by atoms with E-state index in [1.54, 1.807) is 42.5 Å². The van der Waals surface area contributed by atoms with Gasteiger partial charge in [-0.25, -0.2) is 12.4 Å². The van der Waals surface area contributed by atoms with Gasteiger partial charge in [-0.3, -0.25) is 9.69 Å². The molecule has 10 heteroatoms. The molecule has 0 spiro atoms. The SMILES string of the molecule is C#CCN1CCN(CCCOc2ccc3c(ccn3S(=O)(=O)c3ccc(C(=O)Nc4ccccc4N)cc3)c2)CC1. The summed E-state index contributed by atoms with van der Waals surface area (Å²) in [6, 6.07) is 19.9. The second-order valence-corrected chi connectivity index (χ2v) is 11.7. The van der Waals surface area contributed by atoms with Gasteiger partial charge in [-0.1, -0.05) is 18.1 Å². The highest BCUT2D eigenvalue weighted by molar-refractivity contribution is 7.90. The van der Waals surface area contributed by atoms with Gasteiger partial charge in [0.2, 0.25) is 0 Å². The van der Waals surface area contributed by atoms with Gasteiger partial charge in [0.15, 0.2) is 0 Å². The van der Waals surface area contributed by atoms with E-state index in [9.17, 15) is 13.2 Å². The number of amides is 1. The van der Waals surface area contributed by atoms with Crippen molar-refractivity contribution < 1.29 is 17.9 Å². The van der Waals surface area contributed by atoms with E-state index in [0.29, 0.717) is 41.4 Å². The number of nitrogen functional groups attached to an aromatic ring is 1. The number of aromatic nitrogens is 1. The van der Waals surface area contributed by atoms with Crippen LogP contribution in [0.25, 0.3) is 10.9 Å². The molecule has 1 saturated heterocycles. The zero-order valence-corrected chi connectivity index (χ0v) is 23.5. The molecule has 0 bridgehead atoms. The normalized spacial score (nSPS) is 14.5. The number of hydrogen-bond acceptors (Lipinski definition) is 7. The quantitative estimate of drug-likeness (QED) is 0.170. The molecule has 212 valence electrons. The second kappa shape index (κ2) is 12.5. The number of fused-ring (bicyclic) bond motifs is 1. The first-order chi connectivity index (χ1) is 19.8. The molecular formula is C31H33N5O4S. The number of anilines is 2. The third kappa shape index (κ3) is 6.55. The average Bonchev–Trinajstić information content (AvgIpc) is 3.42. The summed E-state index contributed by atoms with van der Waals surface area (Å²) in [5, 5.41) is 3.50. The van der Waals surface area contributed by atoms with E-state index >= 15 is 0 Å². The molecule has 0 unspecified atom stereocenters. The Morgan fingerprint density at radius 1 is 0.976 bits per heavy atom. The molecule has 1 aliphatic heterocycles. The van der Waals surface area contributed by atoms with Crippen LogP contribution in [0.2, 0.25) is 0 Å². The molecule has 1 amide bonds. The number of carbonyl (C=O) groups excluding carboxylic acids is 1. The van der Waals surface area contributed by atoms with Crippen molar-refractivity contribution in [3.8, 4) is 18.1 Å². The van der Waals surface area contributed by atoms with E-state index in [2.05, 4.69) is 21.0 Å². The van der Waals surface area contributed by atoms with E-state index in [-0.39, 0.29) is 10.8 Å². The van der Waals surface area contributed by atoms with Gasteiger partial charge in [-0.05, 0) is 67.1 Å². The van der Waals surface area contributed by atoms with Gasteiger partial charge in [-0.15, -0.1) is 6.42 Å². The van der Waals surface area contributed by atoms with Gasteiger partial charge in [0.1, 0.15) is 5.75 Å². The van der Waals surface area contributed by atoms with Crippen LogP contribution in [0.1, 0.15) is 16.8 Å². The van der Waals surface area contributed by atoms with Crippen LogP contribution < -0.4 is 15.8 Å². The van der Waals surface area contributed by atoms with Crippen LogP contribution in [0, 0.1) is 12.3 Å². The number of nitrogens with zero attached hydrogens (tertiary/aromatic N) is 3. The first kappa shape index (κ1) is 28.2. The number of nitrogens with two attached hydrogens (primary N) is 1. The number of benzene rings is 3. The van der Waals surface area contributed by atoms with Gasteiger partial charge < -0.3 is 20.7 Å². The van der Waals surface area contributed by atoms with Crippen LogP contribution in [-0.4, -0.2) is 74.0 Å². The Kier molecular flexibility index (Phi) is 8.59. The van der Waals surface area contributed by atoms with Gasteiger partial charge in [-0.2, -0.15) is 0 Å². The Labute approximate surface area is 240 Å². The summed E-state index contributed by atoms with van der Waals surface area (Å²) in [5.41, 5.74) is 7.69. The number of nitrogens with one attached hydrogen (secondary N) is 1. The number of carbonyl (C=O) groups is 1. The molecule has 3 N–H and O–H groups in total. The number of ether oxygens (including phenoxy) is 1. The molecule has 1 fully saturated rings. The van der Waals surface area contributed by atoms with Crippen LogP contribution in [0.15, 0.2) is 83.9 Å². The van der Waals surface area contributed by atoms with Crippen molar-refractivity contribution in [2.75, 3.05) is 56.9 Å². The molecule has 0 saturated carbocycles. The number of para-hydroxylation sites is 2. The summed E-state index contributed by atoms with van der Waals surface area (Å²) in [7, 11) is -3.88. The van der Waals surface area contributed by atoms with E-state index in [1.807, 2.05) is 6.07 Å². The Balaban J connectivity index is 1.19. The highest BCUT2D eigenvalue weighted by Gasteiger charge is 2.20. The van der Waals surface area contributed by atoms with Crippen LogP contribution in [0.4, 0.5) is 11.4 Å². The first-order valence-corrected chi connectivity index (χ1v) is 14.9. The van der Waals surface area contributed by atoms with E-state index in [4.69, 9.17) is 16.9 Å².